The van der Waals surface area contributed by atoms with Crippen LogP contribution in [0.15, 0.2) is 22.8 Å². The van der Waals surface area contributed by atoms with E-state index in [1.54, 1.807) is 6.92 Å². The smallest absolute Gasteiger partial charge is 0.239 e. The van der Waals surface area contributed by atoms with Crippen LogP contribution in [0.4, 0.5) is 26.2 Å². The van der Waals surface area contributed by atoms with Gasteiger partial charge in [-0.05, 0) is 28.9 Å². The van der Waals surface area contributed by atoms with Crippen molar-refractivity contribution in [1.82, 2.24) is 9.97 Å². The lowest BCUT2D eigenvalue weighted by molar-refractivity contribution is 0.581. The topological polar surface area (TPSA) is 75.9 Å². The van der Waals surface area contributed by atoms with Crippen LogP contribution in [0.1, 0.15) is 5.56 Å². The molecule has 8 heteroatoms. The predicted octanol–water partition coefficient (Wildman–Crippen LogP) is 2.85. The van der Waals surface area contributed by atoms with Crippen molar-refractivity contribution >= 4 is 33.4 Å². The van der Waals surface area contributed by atoms with Gasteiger partial charge in [0.1, 0.15) is 17.5 Å². The highest BCUT2D eigenvalue weighted by molar-refractivity contribution is 9.10. The SMILES string of the molecule is Cc1cnc(NN)nc1Nc1cc(Br)c(F)cc1F. The van der Waals surface area contributed by atoms with Gasteiger partial charge >= 0.3 is 0 Å². The summed E-state index contributed by atoms with van der Waals surface area (Å²) in [5.41, 5.74) is 3.08. The van der Waals surface area contributed by atoms with Crippen molar-refractivity contribution in [3.63, 3.8) is 0 Å². The molecular weight excluding hydrogens is 320 g/mol. The highest BCUT2D eigenvalue weighted by Crippen LogP contribution is 2.27. The quantitative estimate of drug-likeness (QED) is 0.458. The first-order valence-electron chi connectivity index (χ1n) is 5.23. The second kappa shape index (κ2) is 5.45. The zero-order valence-corrected chi connectivity index (χ0v) is 11.4. The minimum Gasteiger partial charge on any atom is -0.337 e. The highest BCUT2D eigenvalue weighted by atomic mass is 79.9. The van der Waals surface area contributed by atoms with Crippen LogP contribution in [0.25, 0.3) is 0 Å². The molecule has 0 atom stereocenters. The van der Waals surface area contributed by atoms with Gasteiger partial charge in [0.05, 0.1) is 10.2 Å². The van der Waals surface area contributed by atoms with Crippen LogP contribution in [0.5, 0.6) is 0 Å². The van der Waals surface area contributed by atoms with Gasteiger partial charge in [0.25, 0.3) is 0 Å². The van der Waals surface area contributed by atoms with Crippen molar-refractivity contribution in [3.05, 3.63) is 40.0 Å². The zero-order chi connectivity index (χ0) is 14.0. The number of nitrogen functional groups attached to an aromatic ring is 1. The molecule has 0 aliphatic rings. The van der Waals surface area contributed by atoms with Crippen LogP contribution in [0.3, 0.4) is 0 Å². The number of nitrogens with zero attached hydrogens (tertiary/aromatic N) is 2. The summed E-state index contributed by atoms with van der Waals surface area (Å²) in [7, 11) is 0. The monoisotopic (exact) mass is 329 g/mol. The van der Waals surface area contributed by atoms with E-state index in [4.69, 9.17) is 5.84 Å². The molecule has 19 heavy (non-hydrogen) atoms. The molecule has 0 aliphatic carbocycles. The van der Waals surface area contributed by atoms with E-state index < -0.39 is 11.6 Å². The number of hydrogen-bond acceptors (Lipinski definition) is 5. The van der Waals surface area contributed by atoms with E-state index in [0.717, 1.165) is 6.07 Å². The van der Waals surface area contributed by atoms with Gasteiger partial charge < -0.3 is 5.32 Å². The Kier molecular flexibility index (Phi) is 3.91. The molecule has 1 heterocycles. The van der Waals surface area contributed by atoms with E-state index in [1.807, 2.05) is 0 Å². The summed E-state index contributed by atoms with van der Waals surface area (Å²) >= 11 is 2.99. The van der Waals surface area contributed by atoms with E-state index >= 15 is 0 Å². The third-order valence-electron chi connectivity index (χ3n) is 2.36. The molecule has 0 fully saturated rings. The number of benzene rings is 1. The number of halogens is 3. The van der Waals surface area contributed by atoms with Gasteiger partial charge in [-0.1, -0.05) is 0 Å². The Labute approximate surface area is 116 Å². The molecule has 0 aliphatic heterocycles. The molecular formula is C11H10BrF2N5. The van der Waals surface area contributed by atoms with Crippen molar-refractivity contribution in [3.8, 4) is 0 Å². The molecule has 1 aromatic carbocycles. The van der Waals surface area contributed by atoms with Crippen LogP contribution in [-0.2, 0) is 0 Å². The molecule has 2 rings (SSSR count). The van der Waals surface area contributed by atoms with Crippen LogP contribution in [-0.4, -0.2) is 9.97 Å². The Bertz CT molecular complexity index is 620. The molecule has 0 spiro atoms. The Morgan fingerprint density at radius 2 is 2.00 bits per heavy atom. The molecule has 0 saturated heterocycles. The first kappa shape index (κ1) is 13.6. The Hall–Kier alpha value is -1.80. The minimum atomic E-state index is -0.721. The number of aromatic nitrogens is 2. The van der Waals surface area contributed by atoms with Gasteiger partial charge in [-0.2, -0.15) is 4.98 Å². The van der Waals surface area contributed by atoms with Crippen molar-refractivity contribution in [2.45, 2.75) is 6.92 Å². The van der Waals surface area contributed by atoms with Crippen LogP contribution < -0.4 is 16.6 Å². The predicted molar refractivity (Wildman–Crippen MR) is 71.9 cm³/mol. The maximum Gasteiger partial charge on any atom is 0.239 e. The van der Waals surface area contributed by atoms with Gasteiger partial charge in [-0.15, -0.1) is 0 Å². The largest absolute Gasteiger partial charge is 0.337 e. The fourth-order valence-corrected chi connectivity index (χ4v) is 1.73. The normalized spacial score (nSPS) is 10.4. The molecule has 0 unspecified atom stereocenters. The summed E-state index contributed by atoms with van der Waals surface area (Å²) in [6.45, 7) is 1.75. The van der Waals surface area contributed by atoms with E-state index in [1.165, 1.54) is 12.3 Å². The second-order valence-corrected chi connectivity index (χ2v) is 4.60. The van der Waals surface area contributed by atoms with Gasteiger partial charge in [0.15, 0.2) is 0 Å². The highest BCUT2D eigenvalue weighted by Gasteiger charge is 2.11. The van der Waals surface area contributed by atoms with Crippen LogP contribution in [0, 0.1) is 18.6 Å². The average molecular weight is 330 g/mol. The summed E-state index contributed by atoms with van der Waals surface area (Å²) in [5, 5.41) is 2.76. The molecule has 0 amide bonds. The molecule has 0 bridgehead atoms. The number of rotatable bonds is 3. The molecule has 5 nitrogen and oxygen atoms in total. The Balaban J connectivity index is 2.38. The summed E-state index contributed by atoms with van der Waals surface area (Å²) < 4.78 is 26.9. The maximum atomic E-state index is 13.6. The summed E-state index contributed by atoms with van der Waals surface area (Å²) in [6.07, 6.45) is 1.53. The van der Waals surface area contributed by atoms with E-state index in [-0.39, 0.29) is 16.1 Å². The standard InChI is InChI=1S/C11H10BrF2N5/c1-5-4-16-11(19-15)18-10(5)17-9-2-6(12)7(13)3-8(9)14/h2-4H,15H2,1H3,(H2,16,17,18,19). The number of nitrogens with one attached hydrogen (secondary N) is 2. The van der Waals surface area contributed by atoms with Gasteiger partial charge in [-0.25, -0.2) is 19.6 Å². The number of aryl methyl sites for hydroxylation is 1. The van der Waals surface area contributed by atoms with Gasteiger partial charge in [0.2, 0.25) is 5.95 Å². The lowest BCUT2D eigenvalue weighted by atomic mass is 10.2. The van der Waals surface area contributed by atoms with Crippen molar-refractivity contribution in [1.29, 1.82) is 0 Å². The molecule has 0 radical (unpaired) electrons. The lowest BCUT2D eigenvalue weighted by Crippen LogP contribution is -2.12. The minimum absolute atomic E-state index is 0.0954. The summed E-state index contributed by atoms with van der Waals surface area (Å²) in [5.74, 6) is 4.37. The Morgan fingerprint density at radius 1 is 1.26 bits per heavy atom. The average Bonchev–Trinajstić information content (AvgIpc) is 2.38. The zero-order valence-electron chi connectivity index (χ0n) is 9.84. The van der Waals surface area contributed by atoms with Gasteiger partial charge in [0, 0.05) is 17.8 Å². The van der Waals surface area contributed by atoms with E-state index in [0.29, 0.717) is 11.4 Å². The third-order valence-corrected chi connectivity index (χ3v) is 2.97. The van der Waals surface area contributed by atoms with Crippen molar-refractivity contribution in [2.75, 3.05) is 10.7 Å². The number of hydrogen-bond donors (Lipinski definition) is 3. The molecule has 100 valence electrons. The first-order valence-corrected chi connectivity index (χ1v) is 6.02. The summed E-state index contributed by atoms with van der Waals surface area (Å²) in [4.78, 5) is 7.95. The Morgan fingerprint density at radius 3 is 2.68 bits per heavy atom. The number of anilines is 3. The van der Waals surface area contributed by atoms with Crippen molar-refractivity contribution in [2.24, 2.45) is 5.84 Å². The number of nitrogens with two attached hydrogens (primary N) is 1. The first-order chi connectivity index (χ1) is 9.01. The van der Waals surface area contributed by atoms with E-state index in [9.17, 15) is 8.78 Å². The fourth-order valence-electron chi connectivity index (χ4n) is 1.38. The molecule has 1 aromatic heterocycles. The lowest BCUT2D eigenvalue weighted by Gasteiger charge is -2.11. The van der Waals surface area contributed by atoms with Crippen LogP contribution >= 0.6 is 15.9 Å². The summed E-state index contributed by atoms with van der Waals surface area (Å²) in [6, 6.07) is 2.08. The molecule has 2 aromatic rings. The second-order valence-electron chi connectivity index (χ2n) is 3.74. The fraction of sp³-hybridized carbons (Fsp3) is 0.0909. The number of hydrazine groups is 1. The van der Waals surface area contributed by atoms with Crippen LogP contribution in [0.2, 0.25) is 0 Å². The van der Waals surface area contributed by atoms with E-state index in [2.05, 4.69) is 36.6 Å². The molecule has 4 N–H and O–H groups in total. The van der Waals surface area contributed by atoms with Gasteiger partial charge in [-0.3, -0.25) is 5.43 Å². The van der Waals surface area contributed by atoms with Crippen molar-refractivity contribution < 1.29 is 8.78 Å². The molecule has 0 saturated carbocycles. The third kappa shape index (κ3) is 2.96. The maximum absolute atomic E-state index is 13.6.